The highest BCUT2D eigenvalue weighted by molar-refractivity contribution is 5.79. The molecule has 0 aliphatic carbocycles. The zero-order valence-corrected chi connectivity index (χ0v) is 12.5. The zero-order valence-electron chi connectivity index (χ0n) is 12.5. The third-order valence-electron chi connectivity index (χ3n) is 4.09. The summed E-state index contributed by atoms with van der Waals surface area (Å²) in [4.78, 5) is 14.4. The molecule has 4 heteroatoms. The standard InChI is InChI=1S/C16H23NO3/c1-12(14-6-4-5-7-15(14)19-3)17(2)16(18)13-8-10-20-11-9-13/h4-7,12-13H,8-11H2,1-3H3/t12-/m0/s1. The molecule has 20 heavy (non-hydrogen) atoms. The van der Waals surface area contributed by atoms with Gasteiger partial charge in [-0.1, -0.05) is 18.2 Å². The highest BCUT2D eigenvalue weighted by Crippen LogP contribution is 2.30. The second-order valence-corrected chi connectivity index (χ2v) is 5.25. The summed E-state index contributed by atoms with van der Waals surface area (Å²) in [6.45, 7) is 3.41. The SMILES string of the molecule is COc1ccccc1[C@H](C)N(C)C(=O)C1CCOCC1. The number of nitrogens with zero attached hydrogens (tertiary/aromatic N) is 1. The van der Waals surface area contributed by atoms with Crippen molar-refractivity contribution < 1.29 is 14.3 Å². The van der Waals surface area contributed by atoms with E-state index in [0.717, 1.165) is 24.2 Å². The Balaban J connectivity index is 2.11. The summed E-state index contributed by atoms with van der Waals surface area (Å²) >= 11 is 0. The van der Waals surface area contributed by atoms with E-state index in [0.29, 0.717) is 13.2 Å². The van der Waals surface area contributed by atoms with Crippen LogP contribution in [0.1, 0.15) is 31.4 Å². The number of para-hydroxylation sites is 1. The van der Waals surface area contributed by atoms with E-state index in [2.05, 4.69) is 0 Å². The number of ether oxygens (including phenoxy) is 2. The first-order valence-electron chi connectivity index (χ1n) is 7.12. The molecule has 2 rings (SSSR count). The van der Waals surface area contributed by atoms with Gasteiger partial charge >= 0.3 is 0 Å². The summed E-state index contributed by atoms with van der Waals surface area (Å²) in [5.41, 5.74) is 1.04. The van der Waals surface area contributed by atoms with E-state index in [1.165, 1.54) is 0 Å². The maximum absolute atomic E-state index is 12.5. The third-order valence-corrected chi connectivity index (χ3v) is 4.09. The first kappa shape index (κ1) is 14.9. The van der Waals surface area contributed by atoms with E-state index in [-0.39, 0.29) is 17.9 Å². The summed E-state index contributed by atoms with van der Waals surface area (Å²) in [6, 6.07) is 7.85. The number of rotatable bonds is 4. The molecule has 0 unspecified atom stereocenters. The van der Waals surface area contributed by atoms with Crippen LogP contribution in [0.4, 0.5) is 0 Å². The zero-order chi connectivity index (χ0) is 14.5. The number of methoxy groups -OCH3 is 1. The maximum Gasteiger partial charge on any atom is 0.226 e. The van der Waals surface area contributed by atoms with Crippen LogP contribution in [0.25, 0.3) is 0 Å². The molecule has 0 spiro atoms. The van der Waals surface area contributed by atoms with Gasteiger partial charge in [0, 0.05) is 31.7 Å². The molecule has 4 nitrogen and oxygen atoms in total. The topological polar surface area (TPSA) is 38.8 Å². The molecule has 1 aromatic rings. The van der Waals surface area contributed by atoms with E-state index in [1.807, 2.05) is 43.1 Å². The minimum absolute atomic E-state index is 0.00138. The molecular formula is C16H23NO3. The Labute approximate surface area is 120 Å². The number of hydrogen-bond acceptors (Lipinski definition) is 3. The summed E-state index contributed by atoms with van der Waals surface area (Å²) in [7, 11) is 3.53. The van der Waals surface area contributed by atoms with Crippen LogP contribution < -0.4 is 4.74 Å². The van der Waals surface area contributed by atoms with Crippen molar-refractivity contribution in [1.29, 1.82) is 0 Å². The van der Waals surface area contributed by atoms with Crippen LogP contribution in [0.2, 0.25) is 0 Å². The Hall–Kier alpha value is -1.55. The van der Waals surface area contributed by atoms with Gasteiger partial charge in [-0.15, -0.1) is 0 Å². The van der Waals surface area contributed by atoms with Crippen molar-refractivity contribution in [2.45, 2.75) is 25.8 Å². The smallest absolute Gasteiger partial charge is 0.226 e. The summed E-state index contributed by atoms with van der Waals surface area (Å²) in [5.74, 6) is 1.12. The summed E-state index contributed by atoms with van der Waals surface area (Å²) in [6.07, 6.45) is 1.64. The Morgan fingerprint density at radius 2 is 2.00 bits per heavy atom. The summed E-state index contributed by atoms with van der Waals surface area (Å²) in [5, 5.41) is 0. The fourth-order valence-corrected chi connectivity index (χ4v) is 2.64. The van der Waals surface area contributed by atoms with Crippen LogP contribution in [0.5, 0.6) is 5.75 Å². The fourth-order valence-electron chi connectivity index (χ4n) is 2.64. The van der Waals surface area contributed by atoms with Gasteiger partial charge in [-0.3, -0.25) is 4.79 Å². The molecule has 0 radical (unpaired) electrons. The van der Waals surface area contributed by atoms with Gasteiger partial charge in [0.1, 0.15) is 5.75 Å². The van der Waals surface area contributed by atoms with Crippen molar-refractivity contribution >= 4 is 5.91 Å². The van der Waals surface area contributed by atoms with Gasteiger partial charge in [0.25, 0.3) is 0 Å². The lowest BCUT2D eigenvalue weighted by molar-refractivity contribution is -0.139. The Morgan fingerprint density at radius 3 is 2.65 bits per heavy atom. The normalized spacial score (nSPS) is 17.6. The Kier molecular flexibility index (Phi) is 5.01. The van der Waals surface area contributed by atoms with Crippen LogP contribution >= 0.6 is 0 Å². The Morgan fingerprint density at radius 1 is 1.35 bits per heavy atom. The molecule has 0 saturated carbocycles. The lowest BCUT2D eigenvalue weighted by Gasteiger charge is -2.31. The average molecular weight is 277 g/mol. The largest absolute Gasteiger partial charge is 0.496 e. The molecule has 0 bridgehead atoms. The molecule has 110 valence electrons. The van der Waals surface area contributed by atoms with E-state index < -0.39 is 0 Å². The van der Waals surface area contributed by atoms with Crippen molar-refractivity contribution in [3.63, 3.8) is 0 Å². The maximum atomic E-state index is 12.5. The molecule has 1 aliphatic heterocycles. The number of carbonyl (C=O) groups is 1. The van der Waals surface area contributed by atoms with Crippen LogP contribution in [0.15, 0.2) is 24.3 Å². The molecule has 1 aromatic carbocycles. The van der Waals surface area contributed by atoms with Crippen LogP contribution in [-0.2, 0) is 9.53 Å². The molecule has 1 aliphatic rings. The monoisotopic (exact) mass is 277 g/mol. The highest BCUT2D eigenvalue weighted by atomic mass is 16.5. The van der Waals surface area contributed by atoms with Gasteiger partial charge in [-0.05, 0) is 25.8 Å². The van der Waals surface area contributed by atoms with Crippen molar-refractivity contribution in [1.82, 2.24) is 4.90 Å². The van der Waals surface area contributed by atoms with Gasteiger partial charge in [0.15, 0.2) is 0 Å². The van der Waals surface area contributed by atoms with Crippen molar-refractivity contribution in [3.05, 3.63) is 29.8 Å². The lowest BCUT2D eigenvalue weighted by atomic mass is 9.97. The number of carbonyl (C=O) groups excluding carboxylic acids is 1. The summed E-state index contributed by atoms with van der Waals surface area (Å²) < 4.78 is 10.7. The number of benzene rings is 1. The minimum atomic E-state index is 0.00138. The molecule has 1 heterocycles. The molecular weight excluding hydrogens is 254 g/mol. The van der Waals surface area contributed by atoms with Gasteiger partial charge in [-0.2, -0.15) is 0 Å². The first-order chi connectivity index (χ1) is 9.65. The van der Waals surface area contributed by atoms with Crippen LogP contribution in [0, 0.1) is 5.92 Å². The number of hydrogen-bond donors (Lipinski definition) is 0. The second kappa shape index (κ2) is 6.75. The molecule has 1 amide bonds. The van der Waals surface area contributed by atoms with E-state index in [1.54, 1.807) is 7.11 Å². The molecule has 0 aromatic heterocycles. The van der Waals surface area contributed by atoms with E-state index in [4.69, 9.17) is 9.47 Å². The van der Waals surface area contributed by atoms with Crippen molar-refractivity contribution in [2.24, 2.45) is 5.92 Å². The number of amides is 1. The second-order valence-electron chi connectivity index (χ2n) is 5.25. The lowest BCUT2D eigenvalue weighted by Crippen LogP contribution is -2.37. The average Bonchev–Trinajstić information content (AvgIpc) is 2.53. The van der Waals surface area contributed by atoms with Crippen LogP contribution in [-0.4, -0.2) is 38.2 Å². The van der Waals surface area contributed by atoms with Crippen molar-refractivity contribution in [3.8, 4) is 5.75 Å². The van der Waals surface area contributed by atoms with E-state index in [9.17, 15) is 4.79 Å². The van der Waals surface area contributed by atoms with Gasteiger partial charge < -0.3 is 14.4 Å². The quantitative estimate of drug-likeness (QED) is 0.849. The van der Waals surface area contributed by atoms with Gasteiger partial charge in [-0.25, -0.2) is 0 Å². The molecule has 1 saturated heterocycles. The molecule has 1 fully saturated rings. The Bertz CT molecular complexity index is 455. The minimum Gasteiger partial charge on any atom is -0.496 e. The predicted molar refractivity (Wildman–Crippen MR) is 77.7 cm³/mol. The molecule has 0 N–H and O–H groups in total. The first-order valence-corrected chi connectivity index (χ1v) is 7.12. The highest BCUT2D eigenvalue weighted by Gasteiger charge is 2.28. The van der Waals surface area contributed by atoms with Gasteiger partial charge in [0.05, 0.1) is 13.2 Å². The third kappa shape index (κ3) is 3.12. The molecule has 1 atom stereocenters. The van der Waals surface area contributed by atoms with Crippen LogP contribution in [0.3, 0.4) is 0 Å². The van der Waals surface area contributed by atoms with Crippen molar-refractivity contribution in [2.75, 3.05) is 27.4 Å². The fraction of sp³-hybridized carbons (Fsp3) is 0.562. The van der Waals surface area contributed by atoms with Gasteiger partial charge in [0.2, 0.25) is 5.91 Å². The van der Waals surface area contributed by atoms with E-state index >= 15 is 0 Å². The predicted octanol–water partition coefficient (Wildman–Crippen LogP) is 2.64.